The highest BCUT2D eigenvalue weighted by molar-refractivity contribution is 7.98. The fraction of sp³-hybridized carbons (Fsp3) is 0.160. The average molecular weight is 496 g/mol. The Hall–Kier alpha value is -2.64. The van der Waals surface area contributed by atoms with E-state index in [0.717, 1.165) is 38.5 Å². The van der Waals surface area contributed by atoms with Crippen LogP contribution in [-0.4, -0.2) is 20.1 Å². The number of aliphatic hydroxyl groups is 1. The van der Waals surface area contributed by atoms with Gasteiger partial charge in [0.05, 0.1) is 17.9 Å². The number of aryl methyl sites for hydroxylation is 1. The Labute approximate surface area is 205 Å². The van der Waals surface area contributed by atoms with Gasteiger partial charge in [-0.1, -0.05) is 47.5 Å². The van der Waals surface area contributed by atoms with Crippen LogP contribution in [0.15, 0.2) is 59.8 Å². The number of rotatable bonds is 5. The molecule has 2 aromatic heterocycles. The lowest BCUT2D eigenvalue weighted by molar-refractivity contribution is 0.278. The Morgan fingerprint density at radius 2 is 1.85 bits per heavy atom. The van der Waals surface area contributed by atoms with Gasteiger partial charge < -0.3 is 9.84 Å². The fourth-order valence-corrected chi connectivity index (χ4v) is 5.00. The minimum Gasteiger partial charge on any atom is -0.436 e. The number of ether oxygens (including phenoxy) is 1. The van der Waals surface area contributed by atoms with E-state index >= 15 is 0 Å². The summed E-state index contributed by atoms with van der Waals surface area (Å²) in [6.07, 6.45) is 2.26. The van der Waals surface area contributed by atoms with Gasteiger partial charge in [-0.2, -0.15) is 4.98 Å². The van der Waals surface area contributed by atoms with E-state index in [4.69, 9.17) is 37.9 Å². The molecule has 2 aromatic carbocycles. The summed E-state index contributed by atoms with van der Waals surface area (Å²) in [6.45, 7) is 1.78. The summed E-state index contributed by atoms with van der Waals surface area (Å²) in [5.74, 6) is 2.41. The number of aliphatic hydroxyl groups excluding tert-OH is 1. The fourth-order valence-electron chi connectivity index (χ4n) is 3.70. The van der Waals surface area contributed by atoms with Gasteiger partial charge in [0.25, 0.3) is 0 Å². The molecule has 0 bridgehead atoms. The van der Waals surface area contributed by atoms with Crippen molar-refractivity contribution in [1.82, 2.24) is 15.0 Å². The highest BCUT2D eigenvalue weighted by Gasteiger charge is 2.27. The highest BCUT2D eigenvalue weighted by atomic mass is 35.5. The zero-order valence-electron chi connectivity index (χ0n) is 17.7. The van der Waals surface area contributed by atoms with Crippen molar-refractivity contribution in [3.63, 3.8) is 0 Å². The van der Waals surface area contributed by atoms with Crippen molar-refractivity contribution >= 4 is 35.0 Å². The molecule has 0 unspecified atom stereocenters. The molecule has 0 aliphatic carbocycles. The number of hydrogen-bond donors (Lipinski definition) is 1. The van der Waals surface area contributed by atoms with Crippen LogP contribution in [-0.2, 0) is 18.8 Å². The number of pyridine rings is 1. The van der Waals surface area contributed by atoms with Gasteiger partial charge in [0.1, 0.15) is 5.03 Å². The van der Waals surface area contributed by atoms with Crippen LogP contribution < -0.4 is 4.74 Å². The second kappa shape index (κ2) is 9.31. The van der Waals surface area contributed by atoms with Gasteiger partial charge in [-0.15, -0.1) is 11.8 Å². The monoisotopic (exact) mass is 495 g/mol. The first-order valence-electron chi connectivity index (χ1n) is 10.3. The van der Waals surface area contributed by atoms with E-state index in [1.54, 1.807) is 18.0 Å². The topological polar surface area (TPSA) is 68.1 Å². The molecule has 166 valence electrons. The summed E-state index contributed by atoms with van der Waals surface area (Å²) < 4.78 is 6.26. The largest absolute Gasteiger partial charge is 0.436 e. The number of aromatic nitrogens is 3. The molecular formula is C25H19Cl2N3O2S. The first kappa shape index (κ1) is 22.2. The molecule has 0 fully saturated rings. The van der Waals surface area contributed by atoms with Gasteiger partial charge >= 0.3 is 0 Å². The van der Waals surface area contributed by atoms with Crippen LogP contribution in [0.25, 0.3) is 11.4 Å². The van der Waals surface area contributed by atoms with Gasteiger partial charge in [0.2, 0.25) is 5.88 Å². The van der Waals surface area contributed by atoms with Crippen LogP contribution in [0.4, 0.5) is 0 Å². The van der Waals surface area contributed by atoms with Crippen molar-refractivity contribution in [2.45, 2.75) is 30.7 Å². The highest BCUT2D eigenvalue weighted by Crippen LogP contribution is 2.43. The predicted molar refractivity (Wildman–Crippen MR) is 131 cm³/mol. The molecular weight excluding hydrogens is 477 g/mol. The van der Waals surface area contributed by atoms with E-state index in [1.165, 1.54) is 0 Å². The lowest BCUT2D eigenvalue weighted by Crippen LogP contribution is -2.13. The van der Waals surface area contributed by atoms with E-state index in [2.05, 4.69) is 4.98 Å². The predicted octanol–water partition coefficient (Wildman–Crippen LogP) is 6.63. The van der Waals surface area contributed by atoms with Crippen LogP contribution in [0.3, 0.4) is 0 Å². The van der Waals surface area contributed by atoms with E-state index in [0.29, 0.717) is 39.7 Å². The molecule has 8 heteroatoms. The Balaban J connectivity index is 1.59. The second-order valence-corrected chi connectivity index (χ2v) is 9.51. The third kappa shape index (κ3) is 4.57. The maximum atomic E-state index is 9.84. The maximum absolute atomic E-state index is 9.84. The van der Waals surface area contributed by atoms with E-state index in [1.807, 2.05) is 55.5 Å². The Morgan fingerprint density at radius 1 is 1.03 bits per heavy atom. The van der Waals surface area contributed by atoms with Gasteiger partial charge in [0, 0.05) is 45.1 Å². The SMILES string of the molecule is Cc1ncc(CO)c2c1Oc1nc(-c3cccc(Cl)c3)nc(SCc3ccc(Cl)cc3)c1C2. The van der Waals surface area contributed by atoms with Crippen LogP contribution in [0, 0.1) is 6.92 Å². The molecule has 0 saturated heterocycles. The molecule has 3 heterocycles. The molecule has 1 aliphatic heterocycles. The standard InChI is InChI=1S/C25H19Cl2N3O2S/c1-14-22-20(17(12-31)11-28-14)10-21-24(32-22)29-23(16-3-2-4-19(27)9-16)30-25(21)33-13-15-5-7-18(26)8-6-15/h2-9,11,31H,10,12-13H2,1H3. The second-order valence-electron chi connectivity index (χ2n) is 7.68. The first-order valence-corrected chi connectivity index (χ1v) is 12.1. The summed E-state index contributed by atoms with van der Waals surface area (Å²) in [5, 5.41) is 12.0. The van der Waals surface area contributed by atoms with Gasteiger partial charge in [-0.25, -0.2) is 4.98 Å². The van der Waals surface area contributed by atoms with E-state index < -0.39 is 0 Å². The number of benzene rings is 2. The smallest absolute Gasteiger partial charge is 0.227 e. The molecule has 1 aliphatic rings. The lowest BCUT2D eigenvalue weighted by atomic mass is 9.99. The lowest BCUT2D eigenvalue weighted by Gasteiger charge is -2.24. The summed E-state index contributed by atoms with van der Waals surface area (Å²) in [5.41, 5.74) is 5.26. The minimum absolute atomic E-state index is 0.108. The minimum atomic E-state index is -0.108. The van der Waals surface area contributed by atoms with Crippen LogP contribution in [0.1, 0.15) is 27.9 Å². The molecule has 0 radical (unpaired) electrons. The quantitative estimate of drug-likeness (QED) is 0.218. The molecule has 0 amide bonds. The molecule has 5 nitrogen and oxygen atoms in total. The molecule has 0 saturated carbocycles. The third-order valence-electron chi connectivity index (χ3n) is 5.43. The van der Waals surface area contributed by atoms with Crippen molar-refractivity contribution in [1.29, 1.82) is 0 Å². The number of thioether (sulfide) groups is 1. The van der Waals surface area contributed by atoms with Gasteiger partial charge in [-0.3, -0.25) is 4.98 Å². The third-order valence-corrected chi connectivity index (χ3v) is 7.01. The summed E-state index contributed by atoms with van der Waals surface area (Å²) >= 11 is 13.9. The van der Waals surface area contributed by atoms with E-state index in [9.17, 15) is 5.11 Å². The number of nitrogens with zero attached hydrogens (tertiary/aromatic N) is 3. The Kier molecular flexibility index (Phi) is 6.25. The van der Waals surface area contributed by atoms with E-state index in [-0.39, 0.29) is 6.61 Å². The van der Waals surface area contributed by atoms with Crippen molar-refractivity contribution < 1.29 is 9.84 Å². The van der Waals surface area contributed by atoms with Crippen molar-refractivity contribution in [3.8, 4) is 23.0 Å². The normalized spacial score (nSPS) is 12.1. The van der Waals surface area contributed by atoms with Crippen molar-refractivity contribution in [2.24, 2.45) is 0 Å². The van der Waals surface area contributed by atoms with Crippen LogP contribution in [0.5, 0.6) is 11.6 Å². The van der Waals surface area contributed by atoms with Gasteiger partial charge in [-0.05, 0) is 36.8 Å². The van der Waals surface area contributed by atoms with Gasteiger partial charge in [0.15, 0.2) is 11.6 Å². The molecule has 1 N–H and O–H groups in total. The molecule has 0 spiro atoms. The Morgan fingerprint density at radius 3 is 2.61 bits per heavy atom. The molecule has 5 rings (SSSR count). The number of hydrogen-bond acceptors (Lipinski definition) is 6. The zero-order chi connectivity index (χ0) is 22.9. The molecule has 33 heavy (non-hydrogen) atoms. The van der Waals surface area contributed by atoms with Crippen LogP contribution in [0.2, 0.25) is 10.0 Å². The summed E-state index contributed by atoms with van der Waals surface area (Å²) in [7, 11) is 0. The summed E-state index contributed by atoms with van der Waals surface area (Å²) in [4.78, 5) is 14.0. The first-order chi connectivity index (χ1) is 16.0. The summed E-state index contributed by atoms with van der Waals surface area (Å²) in [6, 6.07) is 15.2. The molecule has 4 aromatic rings. The van der Waals surface area contributed by atoms with Crippen molar-refractivity contribution in [2.75, 3.05) is 0 Å². The maximum Gasteiger partial charge on any atom is 0.227 e. The Bertz CT molecular complexity index is 1350. The number of halogens is 2. The van der Waals surface area contributed by atoms with Crippen LogP contribution >= 0.6 is 35.0 Å². The number of fused-ring (bicyclic) bond motifs is 2. The van der Waals surface area contributed by atoms with Crippen molar-refractivity contribution in [3.05, 3.63) is 92.7 Å². The zero-order valence-corrected chi connectivity index (χ0v) is 20.0. The molecule has 0 atom stereocenters. The average Bonchev–Trinajstić information content (AvgIpc) is 2.83.